The van der Waals surface area contributed by atoms with Gasteiger partial charge in [0.1, 0.15) is 0 Å². The van der Waals surface area contributed by atoms with Crippen LogP contribution in [0, 0.1) is 6.92 Å². The Balaban J connectivity index is 1.27. The van der Waals surface area contributed by atoms with Crippen molar-refractivity contribution in [3.05, 3.63) is 166 Å². The van der Waals surface area contributed by atoms with Gasteiger partial charge in [-0.3, -0.25) is 0 Å². The normalized spacial score (nSPS) is 17.8. The molecule has 2 nitrogen and oxygen atoms in total. The Hall–Kier alpha value is -5.80. The van der Waals surface area contributed by atoms with E-state index < -0.39 is 0 Å². The highest BCUT2D eigenvalue weighted by molar-refractivity contribution is 6.85. The van der Waals surface area contributed by atoms with Gasteiger partial charge >= 0.3 is 6.85 Å². The molecule has 0 spiro atoms. The number of hydrogen-bond acceptors (Lipinski definition) is 1. The van der Waals surface area contributed by atoms with Crippen molar-refractivity contribution in [3.8, 4) is 22.3 Å². The highest BCUT2D eigenvalue weighted by Crippen LogP contribution is 2.60. The summed E-state index contributed by atoms with van der Waals surface area (Å²) in [5, 5.41) is 5.25. The fraction of sp³-hybridized carbons (Fsp3) is 0.276. The lowest BCUT2D eigenvalue weighted by Crippen LogP contribution is -2.52. The number of fused-ring (bicyclic) bond motifs is 10. The Kier molecular flexibility index (Phi) is 7.26. The summed E-state index contributed by atoms with van der Waals surface area (Å²) >= 11 is 0. The summed E-state index contributed by atoms with van der Waals surface area (Å²) in [6.07, 6.45) is 2.38. The third-order valence-corrected chi connectivity index (χ3v) is 15.6. The van der Waals surface area contributed by atoms with Crippen molar-refractivity contribution in [1.82, 2.24) is 4.48 Å². The van der Waals surface area contributed by atoms with Crippen molar-refractivity contribution in [1.29, 1.82) is 0 Å². The smallest absolute Gasteiger partial charge is 0.329 e. The maximum Gasteiger partial charge on any atom is 0.329 e. The van der Waals surface area contributed by atoms with Crippen molar-refractivity contribution in [2.45, 2.75) is 104 Å². The summed E-state index contributed by atoms with van der Waals surface area (Å²) in [6, 6.07) is 49.7. The first-order valence-corrected chi connectivity index (χ1v) is 22.6. The van der Waals surface area contributed by atoms with Gasteiger partial charge in [-0.2, -0.15) is 0 Å². The van der Waals surface area contributed by atoms with Crippen LogP contribution in [0.4, 0.5) is 11.4 Å². The van der Waals surface area contributed by atoms with Gasteiger partial charge in [0.05, 0.1) is 5.69 Å². The van der Waals surface area contributed by atoms with Crippen LogP contribution < -0.4 is 10.4 Å². The molecule has 2 aliphatic heterocycles. The second-order valence-electron chi connectivity index (χ2n) is 21.7. The molecule has 0 fully saturated rings. The third-order valence-electron chi connectivity index (χ3n) is 15.6. The third kappa shape index (κ3) is 4.92. The van der Waals surface area contributed by atoms with Gasteiger partial charge in [0.25, 0.3) is 0 Å². The topological polar surface area (TPSA) is 8.17 Å². The van der Waals surface area contributed by atoms with Crippen LogP contribution in [0.3, 0.4) is 0 Å². The van der Waals surface area contributed by atoms with E-state index in [1.54, 1.807) is 0 Å². The largest absolute Gasteiger partial charge is 0.376 e. The number of aryl methyl sites for hydroxylation is 1. The SMILES string of the molecule is Cc1cc2c3c(c1)N(c1ccc(C(C)(C)C)cc1-c1ccccc1)C1=C(B3n3c4cc5ccccc5cc4c4cccc-2c43)C(C)(C)c2cc3c(cc21)C(C)(C)CCC3(C)C. The predicted octanol–water partition coefficient (Wildman–Crippen LogP) is 14.7. The molecule has 300 valence electrons. The second kappa shape index (κ2) is 12.0. The number of aromatic nitrogens is 1. The van der Waals surface area contributed by atoms with Crippen molar-refractivity contribution in [3.63, 3.8) is 0 Å². The van der Waals surface area contributed by atoms with Gasteiger partial charge in [-0.1, -0.05) is 153 Å². The van der Waals surface area contributed by atoms with Crippen LogP contribution in [0.25, 0.3) is 60.5 Å². The number of para-hydroxylation sites is 1. The fourth-order valence-corrected chi connectivity index (χ4v) is 12.2. The summed E-state index contributed by atoms with van der Waals surface area (Å²) in [5.41, 5.74) is 23.1. The molecule has 0 N–H and O–H groups in total. The van der Waals surface area contributed by atoms with Crippen LogP contribution in [0.5, 0.6) is 0 Å². The molecule has 3 heterocycles. The summed E-state index contributed by atoms with van der Waals surface area (Å²) in [6.45, 7) is 24.3. The van der Waals surface area contributed by atoms with E-state index in [1.165, 1.54) is 129 Å². The van der Waals surface area contributed by atoms with Gasteiger partial charge in [0, 0.05) is 55.3 Å². The molecule has 0 saturated heterocycles. The summed E-state index contributed by atoms with van der Waals surface area (Å²) in [4.78, 5) is 2.74. The second-order valence-corrected chi connectivity index (χ2v) is 21.7. The molecule has 61 heavy (non-hydrogen) atoms. The van der Waals surface area contributed by atoms with E-state index in [4.69, 9.17) is 0 Å². The van der Waals surface area contributed by atoms with Gasteiger partial charge in [0.15, 0.2) is 0 Å². The molecule has 4 aliphatic rings. The molecular formula is C58H55BN2. The van der Waals surface area contributed by atoms with Gasteiger partial charge in [-0.25, -0.2) is 0 Å². The maximum atomic E-state index is 2.78. The minimum atomic E-state index is -0.273. The first-order chi connectivity index (χ1) is 29.0. The molecule has 0 atom stereocenters. The average molecular weight is 791 g/mol. The van der Waals surface area contributed by atoms with Crippen LogP contribution in [-0.2, 0) is 21.7 Å². The van der Waals surface area contributed by atoms with Crippen LogP contribution in [0.15, 0.2) is 133 Å². The number of allylic oxidation sites excluding steroid dienone is 1. The quantitative estimate of drug-likeness (QED) is 0.158. The molecule has 0 unspecified atom stereocenters. The maximum absolute atomic E-state index is 2.78. The van der Waals surface area contributed by atoms with E-state index in [9.17, 15) is 0 Å². The van der Waals surface area contributed by atoms with E-state index in [0.29, 0.717) is 0 Å². The molecule has 1 aromatic heterocycles. The van der Waals surface area contributed by atoms with Crippen LogP contribution in [0.2, 0.25) is 0 Å². The van der Waals surface area contributed by atoms with Crippen molar-refractivity contribution < 1.29 is 0 Å². The lowest BCUT2D eigenvalue weighted by atomic mass is 9.40. The summed E-state index contributed by atoms with van der Waals surface area (Å²) in [7, 11) is 0. The number of anilines is 2. The average Bonchev–Trinajstić information content (AvgIpc) is 3.67. The summed E-state index contributed by atoms with van der Waals surface area (Å²) in [5.74, 6) is 0. The molecule has 3 heteroatoms. The highest BCUT2D eigenvalue weighted by Gasteiger charge is 2.54. The first kappa shape index (κ1) is 37.0. The van der Waals surface area contributed by atoms with Crippen molar-refractivity contribution in [2.24, 2.45) is 0 Å². The molecular weight excluding hydrogens is 735 g/mol. The Morgan fingerprint density at radius 3 is 1.97 bits per heavy atom. The number of benzene rings is 7. The van der Waals surface area contributed by atoms with Gasteiger partial charge in [0.2, 0.25) is 0 Å². The summed E-state index contributed by atoms with van der Waals surface area (Å²) < 4.78 is 2.78. The molecule has 12 rings (SSSR count). The van der Waals surface area contributed by atoms with E-state index in [2.05, 4.69) is 206 Å². The Bertz CT molecular complexity index is 3270. The minimum Gasteiger partial charge on any atom is -0.376 e. The molecule has 0 radical (unpaired) electrons. The molecule has 0 bridgehead atoms. The number of hydrogen-bond donors (Lipinski definition) is 0. The van der Waals surface area contributed by atoms with Gasteiger partial charge < -0.3 is 9.38 Å². The highest BCUT2D eigenvalue weighted by atomic mass is 15.2. The molecule has 2 aliphatic carbocycles. The van der Waals surface area contributed by atoms with E-state index in [0.717, 1.165) is 0 Å². The lowest BCUT2D eigenvalue weighted by Gasteiger charge is -2.43. The lowest BCUT2D eigenvalue weighted by molar-refractivity contribution is 0.331. The minimum absolute atomic E-state index is 0.00221. The molecule has 7 aromatic carbocycles. The van der Waals surface area contributed by atoms with Gasteiger partial charge in [-0.05, 0) is 133 Å². The van der Waals surface area contributed by atoms with Crippen LogP contribution in [0.1, 0.15) is 109 Å². The molecule has 8 aromatic rings. The van der Waals surface area contributed by atoms with E-state index in [1.807, 2.05) is 0 Å². The first-order valence-electron chi connectivity index (χ1n) is 22.6. The number of nitrogens with zero attached hydrogens (tertiary/aromatic N) is 2. The Labute approximate surface area is 362 Å². The molecule has 0 saturated carbocycles. The Morgan fingerprint density at radius 2 is 1.25 bits per heavy atom. The zero-order chi connectivity index (χ0) is 42.1. The predicted molar refractivity (Wildman–Crippen MR) is 262 cm³/mol. The van der Waals surface area contributed by atoms with Crippen LogP contribution >= 0.6 is 0 Å². The fourth-order valence-electron chi connectivity index (χ4n) is 12.2. The number of rotatable bonds is 2. The van der Waals surface area contributed by atoms with E-state index in [-0.39, 0.29) is 28.5 Å². The van der Waals surface area contributed by atoms with Crippen molar-refractivity contribution in [2.75, 3.05) is 4.90 Å². The van der Waals surface area contributed by atoms with E-state index >= 15 is 0 Å². The van der Waals surface area contributed by atoms with Gasteiger partial charge in [-0.15, -0.1) is 0 Å². The van der Waals surface area contributed by atoms with Crippen LogP contribution in [-0.4, -0.2) is 11.3 Å². The standard InChI is InChI=1S/C58H55BN2/c1-34-27-43-40-22-16-21-39-42-29-36-19-14-15-20-37(36)30-49(42)61(52(39)40)59-51(43)50(28-34)60(48-24-23-38(55(2,3)4)31-41(48)35-17-12-11-13-18-35)53-44-32-46-47(33-45(44)58(9,10)54(53)59)57(7,8)26-25-56(46,5)6/h11-24,27-33H,25-26H2,1-10H3. The Morgan fingerprint density at radius 1 is 0.557 bits per heavy atom. The monoisotopic (exact) mass is 790 g/mol. The zero-order valence-electron chi connectivity index (χ0n) is 37.5. The molecule has 0 amide bonds. The zero-order valence-corrected chi connectivity index (χ0v) is 37.5. The van der Waals surface area contributed by atoms with Crippen molar-refractivity contribution >= 4 is 62.0 Å².